The fraction of sp³-hybridized carbons (Fsp3) is 0.667. The SMILES string of the molecule is CC(C)c1cc(N(CCO)C2CC2)ncn1. The van der Waals surface area contributed by atoms with Gasteiger partial charge in [0.05, 0.1) is 6.61 Å². The average molecular weight is 221 g/mol. The second kappa shape index (κ2) is 4.78. The predicted octanol–water partition coefficient (Wildman–Crippen LogP) is 1.56. The molecule has 0 aliphatic heterocycles. The van der Waals surface area contributed by atoms with E-state index in [1.54, 1.807) is 6.33 Å². The Morgan fingerprint density at radius 2 is 2.19 bits per heavy atom. The number of nitrogens with zero attached hydrogens (tertiary/aromatic N) is 3. The van der Waals surface area contributed by atoms with E-state index in [0.29, 0.717) is 18.5 Å². The van der Waals surface area contributed by atoms with E-state index >= 15 is 0 Å². The quantitative estimate of drug-likeness (QED) is 0.819. The average Bonchev–Trinajstić information content (AvgIpc) is 3.10. The Balaban J connectivity index is 2.19. The Kier molecular flexibility index (Phi) is 3.39. The normalized spacial score (nSPS) is 15.5. The Bertz CT molecular complexity index is 350. The van der Waals surface area contributed by atoms with Gasteiger partial charge >= 0.3 is 0 Å². The lowest BCUT2D eigenvalue weighted by molar-refractivity contribution is 0.301. The van der Waals surface area contributed by atoms with Crippen molar-refractivity contribution in [2.24, 2.45) is 0 Å². The second-order valence-corrected chi connectivity index (χ2v) is 4.60. The van der Waals surface area contributed by atoms with Crippen LogP contribution in [-0.2, 0) is 0 Å². The maximum atomic E-state index is 9.07. The van der Waals surface area contributed by atoms with Gasteiger partial charge in [0.15, 0.2) is 0 Å². The van der Waals surface area contributed by atoms with Crippen molar-refractivity contribution in [2.75, 3.05) is 18.1 Å². The van der Waals surface area contributed by atoms with Crippen molar-refractivity contribution in [3.8, 4) is 0 Å². The van der Waals surface area contributed by atoms with Crippen LogP contribution in [0, 0.1) is 0 Å². The number of hydrogen-bond donors (Lipinski definition) is 1. The van der Waals surface area contributed by atoms with E-state index in [2.05, 4.69) is 28.7 Å². The number of aliphatic hydroxyl groups is 1. The molecule has 0 bridgehead atoms. The highest BCUT2D eigenvalue weighted by Crippen LogP contribution is 2.30. The van der Waals surface area contributed by atoms with E-state index < -0.39 is 0 Å². The summed E-state index contributed by atoms with van der Waals surface area (Å²) in [5.41, 5.74) is 1.06. The van der Waals surface area contributed by atoms with Crippen LogP contribution in [0.1, 0.15) is 38.3 Å². The van der Waals surface area contributed by atoms with E-state index in [1.165, 1.54) is 12.8 Å². The molecule has 1 fully saturated rings. The van der Waals surface area contributed by atoms with Crippen LogP contribution in [0.3, 0.4) is 0 Å². The minimum absolute atomic E-state index is 0.178. The molecule has 16 heavy (non-hydrogen) atoms. The van der Waals surface area contributed by atoms with Gasteiger partial charge in [0.1, 0.15) is 12.1 Å². The van der Waals surface area contributed by atoms with E-state index in [9.17, 15) is 0 Å². The van der Waals surface area contributed by atoms with Crippen molar-refractivity contribution in [3.63, 3.8) is 0 Å². The van der Waals surface area contributed by atoms with Gasteiger partial charge in [-0.25, -0.2) is 9.97 Å². The molecule has 1 saturated carbocycles. The van der Waals surface area contributed by atoms with E-state index in [-0.39, 0.29) is 6.61 Å². The summed E-state index contributed by atoms with van der Waals surface area (Å²) < 4.78 is 0. The molecule has 2 rings (SSSR count). The van der Waals surface area contributed by atoms with Crippen molar-refractivity contribution in [1.29, 1.82) is 0 Å². The van der Waals surface area contributed by atoms with Gasteiger partial charge in [-0.1, -0.05) is 13.8 Å². The van der Waals surface area contributed by atoms with Crippen LogP contribution in [0.5, 0.6) is 0 Å². The molecule has 4 nitrogen and oxygen atoms in total. The molecule has 0 saturated heterocycles. The summed E-state index contributed by atoms with van der Waals surface area (Å²) in [5.74, 6) is 1.37. The maximum absolute atomic E-state index is 9.07. The van der Waals surface area contributed by atoms with Gasteiger partial charge in [-0.15, -0.1) is 0 Å². The molecule has 0 amide bonds. The first-order valence-corrected chi connectivity index (χ1v) is 5.92. The summed E-state index contributed by atoms with van der Waals surface area (Å²) in [5, 5.41) is 9.07. The molecular formula is C12H19N3O. The third-order valence-corrected chi connectivity index (χ3v) is 2.89. The molecule has 1 N–H and O–H groups in total. The van der Waals surface area contributed by atoms with Crippen molar-refractivity contribution >= 4 is 5.82 Å². The summed E-state index contributed by atoms with van der Waals surface area (Å²) in [6, 6.07) is 2.61. The van der Waals surface area contributed by atoms with Gasteiger partial charge in [-0.05, 0) is 18.8 Å². The third-order valence-electron chi connectivity index (χ3n) is 2.89. The minimum Gasteiger partial charge on any atom is -0.395 e. The monoisotopic (exact) mass is 221 g/mol. The molecule has 1 aromatic rings. The molecular weight excluding hydrogens is 202 g/mol. The zero-order valence-corrected chi connectivity index (χ0v) is 9.93. The van der Waals surface area contributed by atoms with Gasteiger partial charge in [0.25, 0.3) is 0 Å². The summed E-state index contributed by atoms with van der Waals surface area (Å²) in [7, 11) is 0. The predicted molar refractivity (Wildman–Crippen MR) is 63.6 cm³/mol. The molecule has 1 aliphatic carbocycles. The van der Waals surface area contributed by atoms with Crippen LogP contribution in [0.25, 0.3) is 0 Å². The summed E-state index contributed by atoms with van der Waals surface area (Å²) in [6.07, 6.45) is 4.04. The lowest BCUT2D eigenvalue weighted by Gasteiger charge is -2.22. The third kappa shape index (κ3) is 2.50. The maximum Gasteiger partial charge on any atom is 0.132 e. The lowest BCUT2D eigenvalue weighted by Crippen LogP contribution is -2.29. The van der Waals surface area contributed by atoms with Crippen molar-refractivity contribution in [1.82, 2.24) is 9.97 Å². The summed E-state index contributed by atoms with van der Waals surface area (Å²) >= 11 is 0. The molecule has 1 aliphatic rings. The van der Waals surface area contributed by atoms with Crippen LogP contribution >= 0.6 is 0 Å². The number of rotatable bonds is 5. The van der Waals surface area contributed by atoms with Crippen LogP contribution in [0.15, 0.2) is 12.4 Å². The largest absolute Gasteiger partial charge is 0.395 e. The molecule has 1 aromatic heterocycles. The Labute approximate surface area is 96.3 Å². The van der Waals surface area contributed by atoms with E-state index in [0.717, 1.165) is 11.5 Å². The first-order chi connectivity index (χ1) is 7.72. The van der Waals surface area contributed by atoms with Crippen molar-refractivity contribution < 1.29 is 5.11 Å². The van der Waals surface area contributed by atoms with Gasteiger partial charge in [0, 0.05) is 24.3 Å². The minimum atomic E-state index is 0.178. The molecule has 88 valence electrons. The zero-order chi connectivity index (χ0) is 11.5. The van der Waals surface area contributed by atoms with Gasteiger partial charge in [-0.3, -0.25) is 0 Å². The van der Waals surface area contributed by atoms with E-state index in [4.69, 9.17) is 5.11 Å². The van der Waals surface area contributed by atoms with Crippen LogP contribution in [-0.4, -0.2) is 34.3 Å². The molecule has 0 unspecified atom stereocenters. The standard InChI is InChI=1S/C12H19N3O/c1-9(2)11-7-12(14-8-13-11)15(5-6-16)10-3-4-10/h7-10,16H,3-6H2,1-2H3. The zero-order valence-electron chi connectivity index (χ0n) is 9.93. The van der Waals surface area contributed by atoms with E-state index in [1.807, 2.05) is 6.07 Å². The number of hydrogen-bond acceptors (Lipinski definition) is 4. The first-order valence-electron chi connectivity index (χ1n) is 5.92. The summed E-state index contributed by atoms with van der Waals surface area (Å²) in [4.78, 5) is 10.8. The first kappa shape index (κ1) is 11.3. The smallest absolute Gasteiger partial charge is 0.132 e. The number of aromatic nitrogens is 2. The highest BCUT2D eigenvalue weighted by atomic mass is 16.3. The van der Waals surface area contributed by atoms with Gasteiger partial charge in [-0.2, -0.15) is 0 Å². The number of aliphatic hydroxyl groups excluding tert-OH is 1. The molecule has 0 spiro atoms. The molecule has 0 atom stereocenters. The lowest BCUT2D eigenvalue weighted by atomic mass is 10.1. The van der Waals surface area contributed by atoms with Gasteiger partial charge in [0.2, 0.25) is 0 Å². The fourth-order valence-corrected chi connectivity index (χ4v) is 1.81. The van der Waals surface area contributed by atoms with Crippen molar-refractivity contribution in [2.45, 2.75) is 38.6 Å². The Morgan fingerprint density at radius 3 is 2.75 bits per heavy atom. The second-order valence-electron chi connectivity index (χ2n) is 4.60. The Morgan fingerprint density at radius 1 is 1.44 bits per heavy atom. The molecule has 0 radical (unpaired) electrons. The highest BCUT2D eigenvalue weighted by Gasteiger charge is 2.29. The molecule has 0 aromatic carbocycles. The molecule has 1 heterocycles. The Hall–Kier alpha value is -1.16. The number of anilines is 1. The van der Waals surface area contributed by atoms with Crippen molar-refractivity contribution in [3.05, 3.63) is 18.1 Å². The topological polar surface area (TPSA) is 49.2 Å². The molecule has 4 heteroatoms. The highest BCUT2D eigenvalue weighted by molar-refractivity contribution is 5.42. The van der Waals surface area contributed by atoms with Gasteiger partial charge < -0.3 is 10.0 Å². The van der Waals surface area contributed by atoms with Crippen LogP contribution < -0.4 is 4.90 Å². The fourth-order valence-electron chi connectivity index (χ4n) is 1.81. The van der Waals surface area contributed by atoms with Crippen LogP contribution in [0.4, 0.5) is 5.82 Å². The van der Waals surface area contributed by atoms with Crippen LogP contribution in [0.2, 0.25) is 0 Å². The summed E-state index contributed by atoms with van der Waals surface area (Å²) in [6.45, 7) is 5.09.